The molecule has 0 aromatic heterocycles. The summed E-state index contributed by atoms with van der Waals surface area (Å²) < 4.78 is 5.28. The predicted octanol–water partition coefficient (Wildman–Crippen LogP) is 2.38. The molecule has 0 saturated carbocycles. The van der Waals surface area contributed by atoms with Crippen LogP contribution in [0.5, 0.6) is 0 Å². The van der Waals surface area contributed by atoms with Crippen molar-refractivity contribution in [1.29, 1.82) is 0 Å². The first-order chi connectivity index (χ1) is 6.11. The zero-order chi connectivity index (χ0) is 10.3. The predicted molar refractivity (Wildman–Crippen MR) is 55.7 cm³/mol. The second kappa shape index (κ2) is 7.10. The van der Waals surface area contributed by atoms with Crippen molar-refractivity contribution in [2.75, 3.05) is 13.7 Å². The first-order valence-electron chi connectivity index (χ1n) is 4.90. The third-order valence-corrected chi connectivity index (χ3v) is 2.38. The third-order valence-electron chi connectivity index (χ3n) is 2.38. The van der Waals surface area contributed by atoms with Crippen LogP contribution in [0.25, 0.3) is 0 Å². The van der Waals surface area contributed by atoms with Crippen LogP contribution in [0.1, 0.15) is 33.1 Å². The Hall–Kier alpha value is -0.340. The van der Waals surface area contributed by atoms with E-state index in [0.29, 0.717) is 5.92 Å². The van der Waals surface area contributed by atoms with Crippen LogP contribution in [0.2, 0.25) is 0 Å². The quantitative estimate of drug-likeness (QED) is 0.618. The number of aliphatic hydroxyl groups is 1. The molecule has 1 N–H and O–H groups in total. The molecule has 0 spiro atoms. The molecule has 0 radical (unpaired) electrons. The Labute approximate surface area is 81.6 Å². The maximum absolute atomic E-state index is 8.72. The van der Waals surface area contributed by atoms with Gasteiger partial charge in [-0.05, 0) is 32.1 Å². The zero-order valence-corrected chi connectivity index (χ0v) is 9.05. The van der Waals surface area contributed by atoms with Gasteiger partial charge in [0.2, 0.25) is 0 Å². The Morgan fingerprint density at radius 1 is 1.38 bits per heavy atom. The summed E-state index contributed by atoms with van der Waals surface area (Å²) in [5, 5.41) is 8.72. The van der Waals surface area contributed by atoms with Crippen LogP contribution in [-0.4, -0.2) is 24.9 Å². The van der Waals surface area contributed by atoms with Crippen molar-refractivity contribution in [3.8, 4) is 0 Å². The standard InChI is InChI=1S/C11H22O2/c1-9(2)11(13-4)6-5-10(3)7-8-12/h10-12H,1,5-8H2,2-4H3. The Kier molecular flexibility index (Phi) is 6.92. The highest BCUT2D eigenvalue weighted by atomic mass is 16.5. The molecule has 0 rings (SSSR count). The number of ether oxygens (including phenoxy) is 1. The lowest BCUT2D eigenvalue weighted by Crippen LogP contribution is -2.13. The Morgan fingerprint density at radius 3 is 2.38 bits per heavy atom. The van der Waals surface area contributed by atoms with Crippen molar-refractivity contribution in [1.82, 2.24) is 0 Å². The first-order valence-corrected chi connectivity index (χ1v) is 4.90. The summed E-state index contributed by atoms with van der Waals surface area (Å²) in [5.41, 5.74) is 1.08. The van der Waals surface area contributed by atoms with E-state index in [1.807, 2.05) is 6.92 Å². The minimum atomic E-state index is 0.182. The second-order valence-electron chi connectivity index (χ2n) is 3.77. The van der Waals surface area contributed by atoms with Crippen LogP contribution in [0.4, 0.5) is 0 Å². The molecule has 0 aromatic rings. The van der Waals surface area contributed by atoms with E-state index in [9.17, 15) is 0 Å². The number of rotatable bonds is 7. The fourth-order valence-electron chi connectivity index (χ4n) is 1.37. The number of hydrogen-bond acceptors (Lipinski definition) is 2. The second-order valence-corrected chi connectivity index (χ2v) is 3.77. The Morgan fingerprint density at radius 2 is 2.00 bits per heavy atom. The van der Waals surface area contributed by atoms with Gasteiger partial charge < -0.3 is 9.84 Å². The van der Waals surface area contributed by atoms with Crippen LogP contribution < -0.4 is 0 Å². The van der Waals surface area contributed by atoms with E-state index in [2.05, 4.69) is 13.5 Å². The summed E-state index contributed by atoms with van der Waals surface area (Å²) in [6.45, 7) is 8.30. The average molecular weight is 186 g/mol. The minimum absolute atomic E-state index is 0.182. The maximum atomic E-state index is 8.72. The van der Waals surface area contributed by atoms with Crippen LogP contribution in [0, 0.1) is 5.92 Å². The average Bonchev–Trinajstić information content (AvgIpc) is 2.05. The fraction of sp³-hybridized carbons (Fsp3) is 0.818. The lowest BCUT2D eigenvalue weighted by Gasteiger charge is -2.17. The van der Waals surface area contributed by atoms with Gasteiger partial charge in [0.1, 0.15) is 0 Å². The van der Waals surface area contributed by atoms with Crippen molar-refractivity contribution < 1.29 is 9.84 Å². The van der Waals surface area contributed by atoms with Gasteiger partial charge in [0.15, 0.2) is 0 Å². The molecule has 0 aliphatic carbocycles. The van der Waals surface area contributed by atoms with Crippen molar-refractivity contribution in [3.05, 3.63) is 12.2 Å². The Balaban J connectivity index is 3.65. The van der Waals surface area contributed by atoms with E-state index >= 15 is 0 Å². The molecule has 0 aromatic carbocycles. The lowest BCUT2D eigenvalue weighted by atomic mass is 9.98. The fourth-order valence-corrected chi connectivity index (χ4v) is 1.37. The normalized spacial score (nSPS) is 15.4. The van der Waals surface area contributed by atoms with E-state index in [1.165, 1.54) is 0 Å². The molecule has 2 atom stereocenters. The van der Waals surface area contributed by atoms with Crippen molar-refractivity contribution in [2.45, 2.75) is 39.2 Å². The van der Waals surface area contributed by atoms with E-state index in [1.54, 1.807) is 7.11 Å². The maximum Gasteiger partial charge on any atom is 0.0776 e. The van der Waals surface area contributed by atoms with Gasteiger partial charge in [-0.15, -0.1) is 0 Å². The van der Waals surface area contributed by atoms with E-state index in [-0.39, 0.29) is 12.7 Å². The molecule has 0 amide bonds. The molecule has 2 nitrogen and oxygen atoms in total. The lowest BCUT2D eigenvalue weighted by molar-refractivity contribution is 0.116. The van der Waals surface area contributed by atoms with Gasteiger partial charge in [0, 0.05) is 13.7 Å². The minimum Gasteiger partial charge on any atom is -0.396 e. The summed E-state index contributed by atoms with van der Waals surface area (Å²) in [7, 11) is 1.72. The monoisotopic (exact) mass is 186 g/mol. The van der Waals surface area contributed by atoms with Crippen LogP contribution in [0.15, 0.2) is 12.2 Å². The summed E-state index contributed by atoms with van der Waals surface area (Å²) >= 11 is 0. The smallest absolute Gasteiger partial charge is 0.0776 e. The largest absolute Gasteiger partial charge is 0.396 e. The van der Waals surface area contributed by atoms with Crippen molar-refractivity contribution in [2.24, 2.45) is 5.92 Å². The van der Waals surface area contributed by atoms with Crippen molar-refractivity contribution >= 4 is 0 Å². The van der Waals surface area contributed by atoms with E-state index in [4.69, 9.17) is 9.84 Å². The van der Waals surface area contributed by atoms with Gasteiger partial charge in [-0.2, -0.15) is 0 Å². The first kappa shape index (κ1) is 12.7. The molecular formula is C11H22O2. The highest BCUT2D eigenvalue weighted by Gasteiger charge is 2.10. The zero-order valence-electron chi connectivity index (χ0n) is 9.05. The number of hydrogen-bond donors (Lipinski definition) is 1. The topological polar surface area (TPSA) is 29.5 Å². The molecule has 0 heterocycles. The summed E-state index contributed by atoms with van der Waals surface area (Å²) in [5.74, 6) is 0.571. The van der Waals surface area contributed by atoms with Crippen LogP contribution in [0.3, 0.4) is 0 Å². The molecule has 0 bridgehead atoms. The van der Waals surface area contributed by atoms with Gasteiger partial charge >= 0.3 is 0 Å². The number of methoxy groups -OCH3 is 1. The highest BCUT2D eigenvalue weighted by Crippen LogP contribution is 2.16. The van der Waals surface area contributed by atoms with Gasteiger partial charge in [0.25, 0.3) is 0 Å². The van der Waals surface area contributed by atoms with Gasteiger partial charge in [-0.3, -0.25) is 0 Å². The number of aliphatic hydroxyl groups excluding tert-OH is 1. The molecular weight excluding hydrogens is 164 g/mol. The molecule has 78 valence electrons. The van der Waals surface area contributed by atoms with E-state index in [0.717, 1.165) is 24.8 Å². The van der Waals surface area contributed by atoms with Crippen LogP contribution >= 0.6 is 0 Å². The van der Waals surface area contributed by atoms with Crippen molar-refractivity contribution in [3.63, 3.8) is 0 Å². The summed E-state index contributed by atoms with van der Waals surface area (Å²) in [6, 6.07) is 0. The third kappa shape index (κ3) is 5.83. The summed E-state index contributed by atoms with van der Waals surface area (Å²) in [6.07, 6.45) is 3.16. The van der Waals surface area contributed by atoms with E-state index < -0.39 is 0 Å². The molecule has 0 fully saturated rings. The highest BCUT2D eigenvalue weighted by molar-refractivity contribution is 4.97. The molecule has 2 heteroatoms. The van der Waals surface area contributed by atoms with Gasteiger partial charge in [0.05, 0.1) is 6.10 Å². The van der Waals surface area contributed by atoms with Crippen LogP contribution in [-0.2, 0) is 4.74 Å². The SMILES string of the molecule is C=C(C)C(CCC(C)CCO)OC. The molecule has 0 aliphatic rings. The molecule has 2 unspecified atom stereocenters. The Bertz CT molecular complexity index is 143. The molecule has 13 heavy (non-hydrogen) atoms. The van der Waals surface area contributed by atoms with Gasteiger partial charge in [-0.25, -0.2) is 0 Å². The summed E-state index contributed by atoms with van der Waals surface area (Å²) in [4.78, 5) is 0. The van der Waals surface area contributed by atoms with Gasteiger partial charge in [-0.1, -0.05) is 19.1 Å². The molecule has 0 aliphatic heterocycles. The molecule has 0 saturated heterocycles.